The Morgan fingerprint density at radius 1 is 1.05 bits per heavy atom. The van der Waals surface area contributed by atoms with Crippen molar-refractivity contribution < 1.29 is 13.2 Å². The number of aromatic nitrogens is 2. The molecule has 1 aromatic heterocycles. The summed E-state index contributed by atoms with van der Waals surface area (Å²) >= 11 is 4.69. The Balaban J connectivity index is 2.26. The number of benzene rings is 1. The van der Waals surface area contributed by atoms with E-state index in [4.69, 9.17) is 18.0 Å². The van der Waals surface area contributed by atoms with Crippen molar-refractivity contribution in [2.45, 2.75) is 0 Å². The van der Waals surface area contributed by atoms with E-state index < -0.39 is 17.5 Å². The molecule has 0 aliphatic carbocycles. The van der Waals surface area contributed by atoms with E-state index in [9.17, 15) is 13.2 Å². The summed E-state index contributed by atoms with van der Waals surface area (Å²) in [6.45, 7) is 0. The van der Waals surface area contributed by atoms with Gasteiger partial charge in [0.05, 0.1) is 18.1 Å². The fourth-order valence-corrected chi connectivity index (χ4v) is 1.38. The number of hydrogen-bond acceptors (Lipinski definition) is 4. The zero-order chi connectivity index (χ0) is 14.0. The van der Waals surface area contributed by atoms with Crippen molar-refractivity contribution >= 4 is 28.7 Å². The number of thiocarbonyl (C=S) groups is 1. The van der Waals surface area contributed by atoms with Crippen molar-refractivity contribution in [1.82, 2.24) is 9.97 Å². The van der Waals surface area contributed by atoms with Gasteiger partial charge in [-0.2, -0.15) is 0 Å². The minimum atomic E-state index is -1.27. The van der Waals surface area contributed by atoms with E-state index in [1.807, 2.05) is 0 Å². The van der Waals surface area contributed by atoms with Crippen LogP contribution in [0.4, 0.5) is 24.7 Å². The Kier molecular flexibility index (Phi) is 3.61. The lowest BCUT2D eigenvalue weighted by molar-refractivity contribution is 0.496. The predicted molar refractivity (Wildman–Crippen MR) is 67.5 cm³/mol. The maximum atomic E-state index is 13.4. The van der Waals surface area contributed by atoms with Crippen molar-refractivity contribution in [1.29, 1.82) is 0 Å². The summed E-state index contributed by atoms with van der Waals surface area (Å²) in [5.74, 6) is -3.24. The monoisotopic (exact) mass is 284 g/mol. The zero-order valence-electron chi connectivity index (χ0n) is 9.32. The summed E-state index contributed by atoms with van der Waals surface area (Å²) < 4.78 is 39.1. The first-order valence-electron chi connectivity index (χ1n) is 5.01. The number of nitrogens with zero attached hydrogens (tertiary/aromatic N) is 2. The average molecular weight is 284 g/mol. The molecule has 1 aromatic carbocycles. The molecule has 2 rings (SSSR count). The first-order valence-corrected chi connectivity index (χ1v) is 5.41. The Hall–Kier alpha value is -2.22. The lowest BCUT2D eigenvalue weighted by Crippen LogP contribution is -2.12. The molecule has 0 amide bonds. The number of nitrogens with one attached hydrogen (secondary N) is 1. The second-order valence-corrected chi connectivity index (χ2v) is 3.96. The van der Waals surface area contributed by atoms with E-state index >= 15 is 0 Å². The normalized spacial score (nSPS) is 10.3. The summed E-state index contributed by atoms with van der Waals surface area (Å²) in [6.07, 6.45) is 2.53. The second kappa shape index (κ2) is 5.19. The largest absolute Gasteiger partial charge is 0.388 e. The molecule has 0 bridgehead atoms. The van der Waals surface area contributed by atoms with E-state index in [0.717, 1.165) is 0 Å². The van der Waals surface area contributed by atoms with Crippen LogP contribution in [-0.4, -0.2) is 15.0 Å². The van der Waals surface area contributed by atoms with Crippen molar-refractivity contribution in [2.24, 2.45) is 5.73 Å². The topological polar surface area (TPSA) is 63.8 Å². The Morgan fingerprint density at radius 3 is 2.32 bits per heavy atom. The first-order chi connectivity index (χ1) is 8.97. The van der Waals surface area contributed by atoms with Gasteiger partial charge in [0.15, 0.2) is 11.6 Å². The van der Waals surface area contributed by atoms with Crippen molar-refractivity contribution in [3.8, 4) is 0 Å². The third-order valence-corrected chi connectivity index (χ3v) is 2.39. The summed E-state index contributed by atoms with van der Waals surface area (Å²) in [5.41, 5.74) is 5.38. The molecule has 0 saturated carbocycles. The van der Waals surface area contributed by atoms with E-state index in [2.05, 4.69) is 15.3 Å². The summed E-state index contributed by atoms with van der Waals surface area (Å²) in [4.78, 5) is 7.79. The van der Waals surface area contributed by atoms with Crippen LogP contribution in [0.5, 0.6) is 0 Å². The van der Waals surface area contributed by atoms with Crippen LogP contribution < -0.4 is 11.1 Å². The molecule has 2 aromatic rings. The van der Waals surface area contributed by atoms with Crippen LogP contribution in [0.3, 0.4) is 0 Å². The molecule has 1 heterocycles. The molecular formula is C11H7F3N4S. The summed E-state index contributed by atoms with van der Waals surface area (Å²) in [7, 11) is 0. The summed E-state index contributed by atoms with van der Waals surface area (Å²) in [6, 6.07) is 1.13. The third kappa shape index (κ3) is 2.97. The van der Waals surface area contributed by atoms with Crippen molar-refractivity contribution in [3.05, 3.63) is 47.7 Å². The van der Waals surface area contributed by atoms with Gasteiger partial charge in [0.2, 0.25) is 0 Å². The van der Waals surface area contributed by atoms with Gasteiger partial charge >= 0.3 is 0 Å². The van der Waals surface area contributed by atoms with E-state index in [1.165, 1.54) is 12.4 Å². The predicted octanol–water partition coefficient (Wildman–Crippen LogP) is 2.27. The number of nitrogens with two attached hydrogens (primary N) is 1. The highest BCUT2D eigenvalue weighted by Crippen LogP contribution is 2.21. The number of halogens is 3. The smallest absolute Gasteiger partial charge is 0.161 e. The molecule has 0 aliphatic heterocycles. The van der Waals surface area contributed by atoms with Gasteiger partial charge in [-0.15, -0.1) is 0 Å². The maximum absolute atomic E-state index is 13.4. The average Bonchev–Trinajstić information content (AvgIpc) is 2.36. The van der Waals surface area contributed by atoms with Gasteiger partial charge < -0.3 is 11.1 Å². The molecule has 0 radical (unpaired) electrons. The minimum absolute atomic E-state index is 0.0676. The van der Waals surface area contributed by atoms with Gasteiger partial charge in [-0.3, -0.25) is 0 Å². The minimum Gasteiger partial charge on any atom is -0.388 e. The van der Waals surface area contributed by atoms with Gasteiger partial charge in [0, 0.05) is 12.1 Å². The van der Waals surface area contributed by atoms with Crippen molar-refractivity contribution in [2.75, 3.05) is 5.32 Å². The van der Waals surface area contributed by atoms with Crippen LogP contribution in [0, 0.1) is 17.5 Å². The Morgan fingerprint density at radius 2 is 1.74 bits per heavy atom. The van der Waals surface area contributed by atoms with Crippen LogP contribution in [-0.2, 0) is 0 Å². The Labute approximate surface area is 111 Å². The first kappa shape index (κ1) is 13.2. The molecule has 4 nitrogen and oxygen atoms in total. The van der Waals surface area contributed by atoms with E-state index in [0.29, 0.717) is 17.8 Å². The van der Waals surface area contributed by atoms with E-state index in [-0.39, 0.29) is 16.5 Å². The van der Waals surface area contributed by atoms with Crippen LogP contribution in [0.25, 0.3) is 0 Å². The lowest BCUT2D eigenvalue weighted by atomic mass is 10.3. The third-order valence-electron chi connectivity index (χ3n) is 2.18. The quantitative estimate of drug-likeness (QED) is 0.668. The van der Waals surface area contributed by atoms with Crippen LogP contribution in [0.2, 0.25) is 0 Å². The van der Waals surface area contributed by atoms with Crippen LogP contribution in [0.15, 0.2) is 24.5 Å². The molecule has 0 spiro atoms. The molecule has 3 N–H and O–H groups in total. The zero-order valence-corrected chi connectivity index (χ0v) is 10.1. The molecule has 0 saturated heterocycles. The number of rotatable bonds is 3. The van der Waals surface area contributed by atoms with E-state index in [1.54, 1.807) is 0 Å². The fraction of sp³-hybridized carbons (Fsp3) is 0. The number of anilines is 2. The molecule has 0 atom stereocenters. The highest BCUT2D eigenvalue weighted by atomic mass is 32.1. The molecule has 0 unspecified atom stereocenters. The second-order valence-electron chi connectivity index (χ2n) is 3.52. The van der Waals surface area contributed by atoms with Gasteiger partial charge in [-0.25, -0.2) is 23.1 Å². The van der Waals surface area contributed by atoms with Crippen LogP contribution >= 0.6 is 12.2 Å². The van der Waals surface area contributed by atoms with Gasteiger partial charge in [-0.1, -0.05) is 12.2 Å². The maximum Gasteiger partial charge on any atom is 0.161 e. The SMILES string of the molecule is NC(=S)c1cnc(Nc2cc(F)c(F)cc2F)cn1. The standard InChI is InChI=1S/C11H7F3N4S/c12-5-1-7(14)8(2-6(5)13)18-10-4-16-9(3-17-10)11(15)19/h1-4H,(H2,15,19)(H,17,18). The molecule has 0 aliphatic rings. The van der Waals surface area contributed by atoms with Crippen LogP contribution in [0.1, 0.15) is 5.69 Å². The highest BCUT2D eigenvalue weighted by Gasteiger charge is 2.10. The molecular weight excluding hydrogens is 277 g/mol. The molecule has 19 heavy (non-hydrogen) atoms. The number of hydrogen-bond donors (Lipinski definition) is 2. The van der Waals surface area contributed by atoms with Gasteiger partial charge in [0.1, 0.15) is 22.3 Å². The fourth-order valence-electron chi connectivity index (χ4n) is 1.28. The van der Waals surface area contributed by atoms with Gasteiger partial charge in [-0.05, 0) is 0 Å². The molecule has 8 heteroatoms. The highest BCUT2D eigenvalue weighted by molar-refractivity contribution is 7.80. The van der Waals surface area contributed by atoms with Gasteiger partial charge in [0.25, 0.3) is 0 Å². The molecule has 0 fully saturated rings. The lowest BCUT2D eigenvalue weighted by Gasteiger charge is -2.07. The summed E-state index contributed by atoms with van der Waals surface area (Å²) in [5, 5.41) is 2.47. The van der Waals surface area contributed by atoms with Crippen molar-refractivity contribution in [3.63, 3.8) is 0 Å². The molecule has 98 valence electrons. The Bertz CT molecular complexity index is 631.